The van der Waals surface area contributed by atoms with E-state index in [9.17, 15) is 0 Å². The molecule has 1 aliphatic rings. The van der Waals surface area contributed by atoms with Gasteiger partial charge in [0.2, 0.25) is 0 Å². The van der Waals surface area contributed by atoms with Gasteiger partial charge in [-0.3, -0.25) is 0 Å². The van der Waals surface area contributed by atoms with Crippen LogP contribution in [0.15, 0.2) is 30.3 Å². The van der Waals surface area contributed by atoms with Gasteiger partial charge in [0.15, 0.2) is 0 Å². The number of nitrogens with one attached hydrogen (secondary N) is 1. The number of nitrogens with zero attached hydrogens (tertiary/aromatic N) is 2. The van der Waals surface area contributed by atoms with E-state index in [1.165, 1.54) is 10.9 Å². The van der Waals surface area contributed by atoms with Crippen LogP contribution >= 0.6 is 0 Å². The Bertz CT molecular complexity index is 606. The number of hydrogen-bond donors (Lipinski definition) is 1. The normalized spacial score (nSPS) is 16.6. The first-order valence-electron chi connectivity index (χ1n) is 7.63. The smallest absolute Gasteiger partial charge is 0.133 e. The molecule has 1 aromatic heterocycles. The highest BCUT2D eigenvalue weighted by Gasteiger charge is 2.21. The fourth-order valence-corrected chi connectivity index (χ4v) is 3.05. The van der Waals surface area contributed by atoms with Gasteiger partial charge < -0.3 is 15.0 Å². The minimum absolute atomic E-state index is 0.398. The van der Waals surface area contributed by atoms with E-state index in [4.69, 9.17) is 9.72 Å². The van der Waals surface area contributed by atoms with Crippen LogP contribution in [0.4, 0.5) is 5.82 Å². The number of rotatable bonds is 4. The number of pyridine rings is 1. The zero-order chi connectivity index (χ0) is 14.7. The lowest BCUT2D eigenvalue weighted by atomic mass is 10.1. The maximum Gasteiger partial charge on any atom is 0.133 e. The maximum absolute atomic E-state index is 5.46. The Labute approximate surface area is 126 Å². The molecule has 0 bridgehead atoms. The van der Waals surface area contributed by atoms with Crippen molar-refractivity contribution < 1.29 is 4.74 Å². The van der Waals surface area contributed by atoms with Crippen LogP contribution in [-0.2, 0) is 11.3 Å². The van der Waals surface area contributed by atoms with Gasteiger partial charge in [0.1, 0.15) is 5.82 Å². The molecule has 0 radical (unpaired) electrons. The third-order valence-electron chi connectivity index (χ3n) is 4.22. The molecule has 0 aliphatic carbocycles. The summed E-state index contributed by atoms with van der Waals surface area (Å²) in [5.74, 6) is 1.12. The molecular weight excluding hydrogens is 262 g/mol. The average molecular weight is 285 g/mol. The van der Waals surface area contributed by atoms with Crippen molar-refractivity contribution in [2.24, 2.45) is 0 Å². The van der Waals surface area contributed by atoms with Gasteiger partial charge in [-0.2, -0.15) is 0 Å². The summed E-state index contributed by atoms with van der Waals surface area (Å²) in [4.78, 5) is 7.31. The fourth-order valence-electron chi connectivity index (χ4n) is 3.05. The Morgan fingerprint density at radius 2 is 2.05 bits per heavy atom. The van der Waals surface area contributed by atoms with E-state index < -0.39 is 0 Å². The summed E-state index contributed by atoms with van der Waals surface area (Å²) in [6, 6.07) is 10.6. The molecule has 2 heterocycles. The van der Waals surface area contributed by atoms with Gasteiger partial charge in [0.05, 0.1) is 11.6 Å². The van der Waals surface area contributed by atoms with Crippen LogP contribution in [0.5, 0.6) is 0 Å². The Morgan fingerprint density at radius 3 is 2.76 bits per heavy atom. The number of para-hydroxylation sites is 1. The molecule has 1 aromatic carbocycles. The minimum Gasteiger partial charge on any atom is -0.381 e. The molecule has 1 aliphatic heterocycles. The predicted octanol–water partition coefficient (Wildman–Crippen LogP) is 2.57. The number of aromatic nitrogens is 1. The van der Waals surface area contributed by atoms with E-state index in [-0.39, 0.29) is 0 Å². The second kappa shape index (κ2) is 6.41. The van der Waals surface area contributed by atoms with Crippen molar-refractivity contribution in [1.82, 2.24) is 10.3 Å². The highest BCUT2D eigenvalue weighted by molar-refractivity contribution is 5.81. The molecule has 4 nitrogen and oxygen atoms in total. The molecule has 4 heteroatoms. The van der Waals surface area contributed by atoms with Crippen molar-refractivity contribution in [3.8, 4) is 0 Å². The molecule has 0 saturated carbocycles. The summed E-state index contributed by atoms with van der Waals surface area (Å²) in [7, 11) is 3.79. The quantitative estimate of drug-likeness (QED) is 0.937. The zero-order valence-electron chi connectivity index (χ0n) is 12.8. The maximum atomic E-state index is 5.46. The summed E-state index contributed by atoms with van der Waals surface area (Å²) in [6.07, 6.45) is 2.54. The van der Waals surface area contributed by atoms with Crippen LogP contribution in [0, 0.1) is 0 Å². The molecule has 0 unspecified atom stereocenters. The van der Waals surface area contributed by atoms with Crippen molar-refractivity contribution >= 4 is 16.7 Å². The van der Waals surface area contributed by atoms with Crippen LogP contribution in [0.2, 0.25) is 0 Å². The van der Waals surface area contributed by atoms with Crippen LogP contribution in [0.25, 0.3) is 10.9 Å². The van der Waals surface area contributed by atoms with Crippen molar-refractivity contribution in [1.29, 1.82) is 0 Å². The summed E-state index contributed by atoms with van der Waals surface area (Å²) in [5.41, 5.74) is 2.34. The first kappa shape index (κ1) is 14.3. The van der Waals surface area contributed by atoms with Crippen LogP contribution in [0.3, 0.4) is 0 Å². The summed E-state index contributed by atoms with van der Waals surface area (Å²) < 4.78 is 5.46. The molecular formula is C17H23N3O. The first-order valence-corrected chi connectivity index (χ1v) is 7.63. The number of fused-ring (bicyclic) bond motifs is 1. The number of ether oxygens (including phenoxy) is 1. The third kappa shape index (κ3) is 3.01. The van der Waals surface area contributed by atoms with E-state index in [1.807, 2.05) is 13.1 Å². The predicted molar refractivity (Wildman–Crippen MR) is 86.8 cm³/mol. The molecule has 3 rings (SSSR count). The third-order valence-corrected chi connectivity index (χ3v) is 4.22. The van der Waals surface area contributed by atoms with Gasteiger partial charge in [0.25, 0.3) is 0 Å². The van der Waals surface area contributed by atoms with E-state index in [0.29, 0.717) is 6.10 Å². The zero-order valence-corrected chi connectivity index (χ0v) is 12.8. The van der Waals surface area contributed by atoms with Crippen LogP contribution in [0.1, 0.15) is 18.4 Å². The molecule has 0 amide bonds. The minimum atomic E-state index is 0.398. The number of benzene rings is 1. The molecule has 1 saturated heterocycles. The highest BCUT2D eigenvalue weighted by atomic mass is 16.5. The van der Waals surface area contributed by atoms with Gasteiger partial charge in [0, 0.05) is 37.7 Å². The monoisotopic (exact) mass is 285 g/mol. The number of methoxy groups -OCH3 is 1. The number of hydrogen-bond acceptors (Lipinski definition) is 4. The lowest BCUT2D eigenvalue weighted by molar-refractivity contribution is 0.0818. The van der Waals surface area contributed by atoms with E-state index in [0.717, 1.165) is 43.8 Å². The topological polar surface area (TPSA) is 37.4 Å². The largest absolute Gasteiger partial charge is 0.381 e. The number of anilines is 1. The summed E-state index contributed by atoms with van der Waals surface area (Å²) in [5, 5.41) is 4.46. The van der Waals surface area contributed by atoms with Crippen molar-refractivity contribution in [3.05, 3.63) is 35.9 Å². The molecule has 21 heavy (non-hydrogen) atoms. The van der Waals surface area contributed by atoms with Crippen LogP contribution < -0.4 is 10.2 Å². The second-order valence-corrected chi connectivity index (χ2v) is 5.62. The second-order valence-electron chi connectivity index (χ2n) is 5.62. The van der Waals surface area contributed by atoms with Gasteiger partial charge in [-0.25, -0.2) is 4.98 Å². The lowest BCUT2D eigenvalue weighted by Gasteiger charge is -2.33. The first-order chi connectivity index (χ1) is 10.3. The SMILES string of the molecule is CNCc1cc2ccccc2nc1N1CCC(OC)CC1. The lowest BCUT2D eigenvalue weighted by Crippen LogP contribution is -2.37. The number of piperidine rings is 1. The highest BCUT2D eigenvalue weighted by Crippen LogP contribution is 2.26. The molecule has 1 N–H and O–H groups in total. The Morgan fingerprint density at radius 1 is 1.29 bits per heavy atom. The van der Waals surface area contributed by atoms with E-state index in [2.05, 4.69) is 34.5 Å². The van der Waals surface area contributed by atoms with Crippen molar-refractivity contribution in [2.75, 3.05) is 32.1 Å². The van der Waals surface area contributed by atoms with Gasteiger partial charge >= 0.3 is 0 Å². The Balaban J connectivity index is 1.94. The molecule has 0 atom stereocenters. The summed E-state index contributed by atoms with van der Waals surface area (Å²) >= 11 is 0. The average Bonchev–Trinajstić information content (AvgIpc) is 2.55. The fraction of sp³-hybridized carbons (Fsp3) is 0.471. The molecule has 112 valence electrons. The van der Waals surface area contributed by atoms with Gasteiger partial charge in [-0.05, 0) is 32.0 Å². The Kier molecular flexibility index (Phi) is 4.36. The molecule has 2 aromatic rings. The van der Waals surface area contributed by atoms with Crippen molar-refractivity contribution in [2.45, 2.75) is 25.5 Å². The van der Waals surface area contributed by atoms with Crippen molar-refractivity contribution in [3.63, 3.8) is 0 Å². The molecule has 1 fully saturated rings. The van der Waals surface area contributed by atoms with E-state index >= 15 is 0 Å². The van der Waals surface area contributed by atoms with Crippen LogP contribution in [-0.4, -0.2) is 38.3 Å². The molecule has 0 spiro atoms. The standard InChI is InChI=1S/C17H23N3O/c1-18-12-14-11-13-5-3-4-6-16(13)19-17(14)20-9-7-15(21-2)8-10-20/h3-6,11,15,18H,7-10,12H2,1-2H3. The van der Waals surface area contributed by atoms with Gasteiger partial charge in [-0.1, -0.05) is 18.2 Å². The summed E-state index contributed by atoms with van der Waals surface area (Å²) in [6.45, 7) is 2.87. The Hall–Kier alpha value is -1.65. The van der Waals surface area contributed by atoms with Gasteiger partial charge in [-0.15, -0.1) is 0 Å². The van der Waals surface area contributed by atoms with E-state index in [1.54, 1.807) is 7.11 Å².